The Morgan fingerprint density at radius 3 is 2.56 bits per heavy atom. The van der Waals surface area contributed by atoms with Crippen LogP contribution in [0.3, 0.4) is 0 Å². The first kappa shape index (κ1) is 8.99. The highest BCUT2D eigenvalue weighted by atomic mass is 35.5. The maximum Gasteiger partial charge on any atom is 0.0597 e. The molecule has 0 saturated carbocycles. The Morgan fingerprint density at radius 1 is 1.67 bits per heavy atom. The molecule has 2 unspecified atom stereocenters. The standard InChI is InChI=1S/C7H13ClO/c1-3-7(9)6(2)4-5-8/h4-7,9H,3H2,1-2H3/b5-4+. The quantitative estimate of drug-likeness (QED) is 0.650. The highest BCUT2D eigenvalue weighted by molar-refractivity contribution is 6.25. The largest absolute Gasteiger partial charge is 0.393 e. The first-order valence-electron chi connectivity index (χ1n) is 3.17. The van der Waals surface area contributed by atoms with Gasteiger partial charge in [-0.3, -0.25) is 0 Å². The third-order valence-electron chi connectivity index (χ3n) is 1.40. The van der Waals surface area contributed by atoms with Crippen molar-refractivity contribution in [2.45, 2.75) is 26.4 Å². The van der Waals surface area contributed by atoms with Gasteiger partial charge in [0.05, 0.1) is 6.10 Å². The molecule has 0 fully saturated rings. The van der Waals surface area contributed by atoms with E-state index in [1.165, 1.54) is 5.54 Å². The van der Waals surface area contributed by atoms with Gasteiger partial charge in [-0.1, -0.05) is 31.5 Å². The van der Waals surface area contributed by atoms with Gasteiger partial charge in [0, 0.05) is 11.5 Å². The van der Waals surface area contributed by atoms with Crippen molar-refractivity contribution in [1.82, 2.24) is 0 Å². The van der Waals surface area contributed by atoms with E-state index in [4.69, 9.17) is 16.7 Å². The molecule has 0 rings (SSSR count). The average molecular weight is 149 g/mol. The summed E-state index contributed by atoms with van der Waals surface area (Å²) in [7, 11) is 0. The summed E-state index contributed by atoms with van der Waals surface area (Å²) in [5.74, 6) is 0.174. The van der Waals surface area contributed by atoms with Crippen LogP contribution in [0.4, 0.5) is 0 Å². The highest BCUT2D eigenvalue weighted by Crippen LogP contribution is 2.07. The predicted molar refractivity (Wildman–Crippen MR) is 40.5 cm³/mol. The molecule has 1 N–H and O–H groups in total. The van der Waals surface area contributed by atoms with E-state index in [0.29, 0.717) is 0 Å². The monoisotopic (exact) mass is 148 g/mol. The van der Waals surface area contributed by atoms with Gasteiger partial charge in [-0.25, -0.2) is 0 Å². The molecule has 2 heteroatoms. The zero-order valence-corrected chi connectivity index (χ0v) is 6.60. The summed E-state index contributed by atoms with van der Waals surface area (Å²) in [6.07, 6.45) is 2.32. The smallest absolute Gasteiger partial charge is 0.0597 e. The fraction of sp³-hybridized carbons (Fsp3) is 0.714. The highest BCUT2D eigenvalue weighted by Gasteiger charge is 2.06. The second-order valence-electron chi connectivity index (χ2n) is 2.15. The molecule has 0 saturated heterocycles. The molecule has 0 amide bonds. The first-order chi connectivity index (χ1) is 4.22. The number of halogens is 1. The Bertz CT molecular complexity index is 90.9. The van der Waals surface area contributed by atoms with Crippen LogP contribution in [0.15, 0.2) is 11.6 Å². The lowest BCUT2D eigenvalue weighted by Crippen LogP contribution is -2.13. The van der Waals surface area contributed by atoms with Crippen LogP contribution in [0, 0.1) is 5.92 Å². The summed E-state index contributed by atoms with van der Waals surface area (Å²) in [5, 5.41) is 9.15. The molecule has 0 aliphatic heterocycles. The van der Waals surface area contributed by atoms with Gasteiger partial charge in [-0.15, -0.1) is 0 Å². The van der Waals surface area contributed by atoms with Crippen LogP contribution in [0.2, 0.25) is 0 Å². The molecule has 0 aromatic carbocycles. The first-order valence-corrected chi connectivity index (χ1v) is 3.61. The van der Waals surface area contributed by atoms with E-state index in [-0.39, 0.29) is 12.0 Å². The van der Waals surface area contributed by atoms with E-state index in [9.17, 15) is 0 Å². The molecular formula is C7H13ClO. The minimum absolute atomic E-state index is 0.174. The minimum Gasteiger partial charge on any atom is -0.393 e. The van der Waals surface area contributed by atoms with Crippen LogP contribution in [-0.4, -0.2) is 11.2 Å². The normalized spacial score (nSPS) is 18.2. The van der Waals surface area contributed by atoms with Crippen molar-refractivity contribution < 1.29 is 5.11 Å². The minimum atomic E-state index is -0.250. The Labute approximate surface area is 61.3 Å². The van der Waals surface area contributed by atoms with Gasteiger partial charge in [-0.2, -0.15) is 0 Å². The predicted octanol–water partition coefficient (Wildman–Crippen LogP) is 2.15. The fourth-order valence-corrected chi connectivity index (χ4v) is 0.844. The lowest BCUT2D eigenvalue weighted by atomic mass is 10.0. The average Bonchev–Trinajstić information content (AvgIpc) is 1.87. The Kier molecular flexibility index (Phi) is 4.83. The molecule has 0 radical (unpaired) electrons. The van der Waals surface area contributed by atoms with E-state index >= 15 is 0 Å². The lowest BCUT2D eigenvalue weighted by Gasteiger charge is -2.11. The van der Waals surface area contributed by atoms with Crippen LogP contribution < -0.4 is 0 Å². The van der Waals surface area contributed by atoms with Crippen molar-refractivity contribution in [1.29, 1.82) is 0 Å². The number of rotatable bonds is 3. The zero-order valence-electron chi connectivity index (χ0n) is 5.84. The topological polar surface area (TPSA) is 20.2 Å². The molecule has 2 atom stereocenters. The molecule has 0 aliphatic rings. The number of hydrogen-bond acceptors (Lipinski definition) is 1. The summed E-state index contributed by atoms with van der Waals surface area (Å²) in [6, 6.07) is 0. The Morgan fingerprint density at radius 2 is 2.22 bits per heavy atom. The van der Waals surface area contributed by atoms with Crippen LogP contribution in [-0.2, 0) is 0 Å². The molecule has 0 spiro atoms. The van der Waals surface area contributed by atoms with Gasteiger partial charge < -0.3 is 5.11 Å². The second kappa shape index (κ2) is 4.83. The molecule has 0 aromatic heterocycles. The van der Waals surface area contributed by atoms with Crippen molar-refractivity contribution in [3.05, 3.63) is 11.6 Å². The molecule has 9 heavy (non-hydrogen) atoms. The lowest BCUT2D eigenvalue weighted by molar-refractivity contribution is 0.134. The summed E-state index contributed by atoms with van der Waals surface area (Å²) in [6.45, 7) is 3.89. The molecule has 54 valence electrons. The van der Waals surface area contributed by atoms with Crippen LogP contribution in [0.25, 0.3) is 0 Å². The summed E-state index contributed by atoms with van der Waals surface area (Å²) >= 11 is 5.31. The van der Waals surface area contributed by atoms with E-state index in [2.05, 4.69) is 0 Å². The van der Waals surface area contributed by atoms with E-state index in [1.54, 1.807) is 6.08 Å². The maximum atomic E-state index is 9.15. The van der Waals surface area contributed by atoms with Gasteiger partial charge >= 0.3 is 0 Å². The number of aliphatic hydroxyl groups is 1. The molecular weight excluding hydrogens is 136 g/mol. The zero-order chi connectivity index (χ0) is 7.28. The SMILES string of the molecule is CCC(O)C(C)/C=C/Cl. The van der Waals surface area contributed by atoms with E-state index < -0.39 is 0 Å². The van der Waals surface area contributed by atoms with Crippen LogP contribution in [0.5, 0.6) is 0 Å². The van der Waals surface area contributed by atoms with Gasteiger partial charge in [0.15, 0.2) is 0 Å². The third-order valence-corrected chi connectivity index (χ3v) is 1.55. The van der Waals surface area contributed by atoms with Crippen LogP contribution in [0.1, 0.15) is 20.3 Å². The molecule has 0 aliphatic carbocycles. The second-order valence-corrected chi connectivity index (χ2v) is 2.41. The Hall–Kier alpha value is -0.0100. The molecule has 0 heterocycles. The van der Waals surface area contributed by atoms with Gasteiger partial charge in [0.25, 0.3) is 0 Å². The van der Waals surface area contributed by atoms with Crippen molar-refractivity contribution in [2.75, 3.05) is 0 Å². The van der Waals surface area contributed by atoms with Crippen LogP contribution >= 0.6 is 11.6 Å². The van der Waals surface area contributed by atoms with E-state index in [0.717, 1.165) is 6.42 Å². The number of hydrogen-bond donors (Lipinski definition) is 1. The molecule has 0 aromatic rings. The van der Waals surface area contributed by atoms with Crippen molar-refractivity contribution >= 4 is 11.6 Å². The van der Waals surface area contributed by atoms with Gasteiger partial charge in [0.2, 0.25) is 0 Å². The third kappa shape index (κ3) is 3.55. The molecule has 1 nitrogen and oxygen atoms in total. The van der Waals surface area contributed by atoms with Crippen molar-refractivity contribution in [2.24, 2.45) is 5.92 Å². The maximum absolute atomic E-state index is 9.15. The summed E-state index contributed by atoms with van der Waals surface area (Å²) in [5.41, 5.74) is 1.45. The fourth-order valence-electron chi connectivity index (χ4n) is 0.615. The molecule has 0 bridgehead atoms. The summed E-state index contributed by atoms with van der Waals surface area (Å²) in [4.78, 5) is 0. The van der Waals surface area contributed by atoms with Crippen molar-refractivity contribution in [3.63, 3.8) is 0 Å². The van der Waals surface area contributed by atoms with Gasteiger partial charge in [-0.05, 0) is 6.42 Å². The van der Waals surface area contributed by atoms with Gasteiger partial charge in [0.1, 0.15) is 0 Å². The number of aliphatic hydroxyl groups excluding tert-OH is 1. The van der Waals surface area contributed by atoms with E-state index in [1.807, 2.05) is 13.8 Å². The Balaban J connectivity index is 3.58. The van der Waals surface area contributed by atoms with Crippen molar-refractivity contribution in [3.8, 4) is 0 Å². The summed E-state index contributed by atoms with van der Waals surface area (Å²) < 4.78 is 0.